The number of fused-ring (bicyclic) bond motifs is 3. The van der Waals surface area contributed by atoms with Crippen LogP contribution in [0.2, 0.25) is 5.02 Å². The summed E-state index contributed by atoms with van der Waals surface area (Å²) in [5, 5.41) is 10.4. The molecule has 5 aromatic carbocycles. The summed E-state index contributed by atoms with van der Waals surface area (Å²) in [6.07, 6.45) is 0.420. The van der Waals surface area contributed by atoms with E-state index < -0.39 is 11.5 Å². The number of aliphatic hydroxyl groups is 1. The summed E-state index contributed by atoms with van der Waals surface area (Å²) in [6.45, 7) is 0.530. The van der Waals surface area contributed by atoms with Crippen LogP contribution in [0.5, 0.6) is 0 Å². The van der Waals surface area contributed by atoms with Crippen molar-refractivity contribution >= 4 is 29.1 Å². The Morgan fingerprint density at radius 2 is 1.41 bits per heavy atom. The molecule has 1 spiro atoms. The number of hydrogen-bond acceptors (Lipinski definition) is 3. The van der Waals surface area contributed by atoms with E-state index in [2.05, 4.69) is 6.07 Å². The quantitative estimate of drug-likeness (QED) is 0.224. The molecule has 2 heterocycles. The summed E-state index contributed by atoms with van der Waals surface area (Å²) in [7, 11) is 0. The lowest BCUT2D eigenvalue weighted by atomic mass is 9.61. The van der Waals surface area contributed by atoms with E-state index in [9.17, 15) is 9.90 Å². The molecule has 0 unspecified atom stereocenters. The van der Waals surface area contributed by atoms with Crippen molar-refractivity contribution < 1.29 is 14.7 Å². The highest BCUT2D eigenvalue weighted by Crippen LogP contribution is 2.54. The van der Waals surface area contributed by atoms with Crippen LogP contribution in [0.1, 0.15) is 49.8 Å². The van der Waals surface area contributed by atoms with Crippen LogP contribution in [-0.4, -0.2) is 21.8 Å². The highest BCUT2D eigenvalue weighted by Gasteiger charge is 2.59. The molecule has 0 fully saturated rings. The highest BCUT2D eigenvalue weighted by atomic mass is 35.5. The predicted octanol–water partition coefficient (Wildman–Crippen LogP) is 7.26. The SMILES string of the molecule is O=C1c2ccccc2[C@@]2(Cc3ccccc3N(Cc3ccccc3)C2=O)[C@H](c2ccc(CO)cc2)N1Cc1ccccc1Cl. The van der Waals surface area contributed by atoms with Gasteiger partial charge in [0.1, 0.15) is 5.41 Å². The smallest absolute Gasteiger partial charge is 0.255 e. The van der Waals surface area contributed by atoms with Crippen LogP contribution < -0.4 is 4.90 Å². The van der Waals surface area contributed by atoms with Crippen LogP contribution in [0.4, 0.5) is 5.69 Å². The number of benzene rings is 5. The molecule has 2 aliphatic rings. The lowest BCUT2D eigenvalue weighted by Gasteiger charge is -2.53. The van der Waals surface area contributed by atoms with Gasteiger partial charge in [0.2, 0.25) is 5.91 Å². The molecule has 5 aromatic rings. The maximum absolute atomic E-state index is 15.4. The van der Waals surface area contributed by atoms with Crippen molar-refractivity contribution in [2.75, 3.05) is 4.90 Å². The van der Waals surface area contributed by atoms with E-state index in [-0.39, 0.29) is 25.0 Å². The first-order chi connectivity index (χ1) is 21.5. The van der Waals surface area contributed by atoms with Crippen molar-refractivity contribution in [3.8, 4) is 0 Å². The predicted molar refractivity (Wildman–Crippen MR) is 172 cm³/mol. The summed E-state index contributed by atoms with van der Waals surface area (Å²) in [6, 6.07) is 40.1. The third-order valence-corrected chi connectivity index (χ3v) is 9.38. The number of nitrogens with zero attached hydrogens (tertiary/aromatic N) is 2. The number of carbonyl (C=O) groups is 2. The minimum Gasteiger partial charge on any atom is -0.392 e. The molecule has 6 heteroatoms. The molecular weight excluding hydrogens is 568 g/mol. The average molecular weight is 599 g/mol. The van der Waals surface area contributed by atoms with Crippen LogP contribution in [-0.2, 0) is 36.3 Å². The molecule has 5 nitrogen and oxygen atoms in total. The van der Waals surface area contributed by atoms with Crippen molar-refractivity contribution in [1.82, 2.24) is 4.90 Å². The first-order valence-electron chi connectivity index (χ1n) is 14.8. The van der Waals surface area contributed by atoms with Gasteiger partial charge >= 0.3 is 0 Å². The molecule has 0 saturated heterocycles. The van der Waals surface area contributed by atoms with Crippen molar-refractivity contribution in [3.05, 3.63) is 171 Å². The fraction of sp³-hybridized carbons (Fsp3) is 0.158. The molecule has 0 radical (unpaired) electrons. The molecule has 44 heavy (non-hydrogen) atoms. The molecule has 0 aromatic heterocycles. The number of anilines is 1. The van der Waals surface area contributed by atoms with E-state index >= 15 is 4.79 Å². The average Bonchev–Trinajstić information content (AvgIpc) is 3.07. The van der Waals surface area contributed by atoms with Crippen molar-refractivity contribution in [1.29, 1.82) is 0 Å². The van der Waals surface area contributed by atoms with Gasteiger partial charge in [-0.3, -0.25) is 9.59 Å². The van der Waals surface area contributed by atoms with E-state index in [1.54, 1.807) is 0 Å². The van der Waals surface area contributed by atoms with E-state index in [0.717, 1.165) is 39.1 Å². The van der Waals surface area contributed by atoms with E-state index in [4.69, 9.17) is 11.6 Å². The summed E-state index contributed by atoms with van der Waals surface area (Å²) in [5.41, 5.74) is 5.46. The number of hydrogen-bond donors (Lipinski definition) is 1. The van der Waals surface area contributed by atoms with E-state index in [1.807, 2.05) is 131 Å². The molecule has 2 aliphatic heterocycles. The highest BCUT2D eigenvalue weighted by molar-refractivity contribution is 6.31. The van der Waals surface area contributed by atoms with Gasteiger partial charge in [-0.05, 0) is 58.0 Å². The zero-order valence-electron chi connectivity index (χ0n) is 24.1. The monoisotopic (exact) mass is 598 g/mol. The largest absolute Gasteiger partial charge is 0.392 e. The standard InChI is InChI=1S/C38H31ClN2O3/c39-33-16-8-4-13-30(33)24-41-35(28-20-18-27(25-42)19-21-28)38(32-15-7-6-14-31(32)36(41)43)22-29-12-5-9-17-34(29)40(37(38)44)23-26-10-2-1-3-11-26/h1-21,35,42H,22-25H2/t35-,38-/m0/s1. The van der Waals surface area contributed by atoms with Gasteiger partial charge in [-0.1, -0.05) is 121 Å². The Kier molecular flexibility index (Phi) is 7.29. The molecular formula is C38H31ClN2O3. The van der Waals surface area contributed by atoms with Crippen molar-refractivity contribution in [2.45, 2.75) is 37.6 Å². The van der Waals surface area contributed by atoms with Crippen LogP contribution in [0.25, 0.3) is 0 Å². The van der Waals surface area contributed by atoms with Gasteiger partial charge in [-0.2, -0.15) is 0 Å². The first kappa shape index (κ1) is 28.1. The second-order valence-electron chi connectivity index (χ2n) is 11.5. The number of amides is 2. The Hall–Kier alpha value is -4.71. The Bertz CT molecular complexity index is 1860. The molecule has 2 atom stereocenters. The third-order valence-electron chi connectivity index (χ3n) is 9.02. The molecule has 2 amide bonds. The Labute approximate surface area is 262 Å². The Morgan fingerprint density at radius 1 is 0.727 bits per heavy atom. The number of rotatable bonds is 6. The van der Waals surface area contributed by atoms with Crippen LogP contribution >= 0.6 is 11.6 Å². The van der Waals surface area contributed by atoms with Crippen molar-refractivity contribution in [2.24, 2.45) is 0 Å². The van der Waals surface area contributed by atoms with Crippen LogP contribution in [0.15, 0.2) is 127 Å². The number of carbonyl (C=O) groups excluding carboxylic acids is 2. The lowest BCUT2D eigenvalue weighted by Crippen LogP contribution is -2.62. The third kappa shape index (κ3) is 4.60. The molecule has 218 valence electrons. The maximum atomic E-state index is 15.4. The summed E-state index contributed by atoms with van der Waals surface area (Å²) in [4.78, 5) is 33.7. The summed E-state index contributed by atoms with van der Waals surface area (Å²) < 4.78 is 0. The fourth-order valence-electron chi connectivity index (χ4n) is 6.98. The number of aliphatic hydroxyl groups excluding tert-OH is 1. The summed E-state index contributed by atoms with van der Waals surface area (Å²) >= 11 is 6.67. The zero-order chi connectivity index (χ0) is 30.3. The van der Waals surface area contributed by atoms with Gasteiger partial charge in [0.25, 0.3) is 5.91 Å². The topological polar surface area (TPSA) is 60.9 Å². The molecule has 1 N–H and O–H groups in total. The fourth-order valence-corrected chi connectivity index (χ4v) is 7.18. The van der Waals surface area contributed by atoms with Gasteiger partial charge in [0.05, 0.1) is 19.2 Å². The molecule has 7 rings (SSSR count). The number of para-hydroxylation sites is 1. The Balaban J connectivity index is 1.49. The van der Waals surface area contributed by atoms with E-state index in [0.29, 0.717) is 23.6 Å². The van der Waals surface area contributed by atoms with Crippen LogP contribution in [0.3, 0.4) is 0 Å². The van der Waals surface area contributed by atoms with Gasteiger partial charge in [-0.15, -0.1) is 0 Å². The minimum absolute atomic E-state index is 0.0552. The zero-order valence-corrected chi connectivity index (χ0v) is 24.8. The maximum Gasteiger partial charge on any atom is 0.255 e. The second kappa shape index (κ2) is 11.4. The normalized spacial score (nSPS) is 19.2. The molecule has 0 saturated carbocycles. The lowest BCUT2D eigenvalue weighted by molar-refractivity contribution is -0.128. The van der Waals surface area contributed by atoms with E-state index in [1.165, 1.54) is 0 Å². The van der Waals surface area contributed by atoms with Gasteiger partial charge in [-0.25, -0.2) is 0 Å². The van der Waals surface area contributed by atoms with Crippen molar-refractivity contribution in [3.63, 3.8) is 0 Å². The van der Waals surface area contributed by atoms with Gasteiger partial charge in [0.15, 0.2) is 0 Å². The molecule has 0 bridgehead atoms. The second-order valence-corrected chi connectivity index (χ2v) is 11.9. The van der Waals surface area contributed by atoms with Gasteiger partial charge in [0, 0.05) is 22.8 Å². The number of halogens is 1. The summed E-state index contributed by atoms with van der Waals surface area (Å²) in [5.74, 6) is -0.205. The first-order valence-corrected chi connectivity index (χ1v) is 15.2. The van der Waals surface area contributed by atoms with Crippen LogP contribution in [0, 0.1) is 0 Å². The van der Waals surface area contributed by atoms with Gasteiger partial charge < -0.3 is 14.9 Å². The Morgan fingerprint density at radius 3 is 2.18 bits per heavy atom. The minimum atomic E-state index is -1.13. The molecule has 0 aliphatic carbocycles.